The van der Waals surface area contributed by atoms with Crippen LogP contribution in [0.15, 0.2) is 11.6 Å². The molecule has 4 rings (SSSR count). The molecular weight excluding hydrogens is 372 g/mol. The van der Waals surface area contributed by atoms with Crippen molar-refractivity contribution in [1.29, 1.82) is 0 Å². The molecule has 2 aliphatic heterocycles. The fraction of sp³-hybridized carbons (Fsp3) is 0.714. The van der Waals surface area contributed by atoms with Gasteiger partial charge in [0.05, 0.1) is 12.3 Å². The highest BCUT2D eigenvalue weighted by Gasteiger charge is 2.29. The number of imidazole rings is 1. The molecule has 0 radical (unpaired) electrons. The first kappa shape index (κ1) is 19.9. The number of amides is 1. The van der Waals surface area contributed by atoms with Gasteiger partial charge in [0.25, 0.3) is 5.91 Å². The molecule has 0 aromatic carbocycles. The van der Waals surface area contributed by atoms with Crippen molar-refractivity contribution in [2.45, 2.75) is 64.0 Å². The second-order valence-electron chi connectivity index (χ2n) is 8.10. The van der Waals surface area contributed by atoms with Crippen LogP contribution in [0.2, 0.25) is 0 Å². The first-order valence-electron chi connectivity index (χ1n) is 10.7. The van der Waals surface area contributed by atoms with Crippen LogP contribution in [0, 0.1) is 0 Å². The summed E-state index contributed by atoms with van der Waals surface area (Å²) in [5, 5.41) is 2.05. The molecule has 0 aliphatic carbocycles. The van der Waals surface area contributed by atoms with Crippen molar-refractivity contribution < 1.29 is 9.53 Å². The van der Waals surface area contributed by atoms with Gasteiger partial charge < -0.3 is 9.64 Å². The predicted molar refractivity (Wildman–Crippen MR) is 112 cm³/mol. The van der Waals surface area contributed by atoms with Crippen LogP contribution in [0.25, 0.3) is 4.96 Å². The first-order chi connectivity index (χ1) is 13.8. The molecule has 0 saturated carbocycles. The molecule has 2 aromatic rings. The van der Waals surface area contributed by atoms with E-state index in [2.05, 4.69) is 20.9 Å². The van der Waals surface area contributed by atoms with Gasteiger partial charge >= 0.3 is 0 Å². The number of likely N-dealkylation sites (tertiary alicyclic amines) is 2. The number of fused-ring (bicyclic) bond motifs is 1. The zero-order chi connectivity index (χ0) is 19.3. The topological polar surface area (TPSA) is 50.1 Å². The normalized spacial score (nSPS) is 22.3. The molecule has 0 bridgehead atoms. The number of thiazole rings is 1. The molecule has 4 heterocycles. The van der Waals surface area contributed by atoms with Gasteiger partial charge in [-0.05, 0) is 32.2 Å². The van der Waals surface area contributed by atoms with Gasteiger partial charge in [0.15, 0.2) is 10.7 Å². The molecule has 6 nitrogen and oxygen atoms in total. The second kappa shape index (κ2) is 9.37. The largest absolute Gasteiger partial charge is 0.383 e. The van der Waals surface area contributed by atoms with E-state index in [1.54, 1.807) is 18.4 Å². The number of piperidine rings is 1. The zero-order valence-electron chi connectivity index (χ0n) is 16.9. The SMILES string of the molecule is COC[C@H]1CCCCN1Cc1c(C(=O)N2CCCCCCC2)nc2sccn12. The Morgan fingerprint density at radius 2 is 1.89 bits per heavy atom. The summed E-state index contributed by atoms with van der Waals surface area (Å²) >= 11 is 1.60. The fourth-order valence-electron chi connectivity index (χ4n) is 4.60. The molecular formula is C21H32N4O2S. The number of aromatic nitrogens is 2. The average Bonchev–Trinajstić information content (AvgIpc) is 3.25. The van der Waals surface area contributed by atoms with Gasteiger partial charge in [-0.15, -0.1) is 11.3 Å². The number of rotatable bonds is 5. The highest BCUT2D eigenvalue weighted by atomic mass is 32.1. The summed E-state index contributed by atoms with van der Waals surface area (Å²) in [4.78, 5) is 23.6. The summed E-state index contributed by atoms with van der Waals surface area (Å²) in [6, 6.07) is 0.424. The fourth-order valence-corrected chi connectivity index (χ4v) is 5.33. The van der Waals surface area contributed by atoms with Crippen molar-refractivity contribution in [2.75, 3.05) is 33.4 Å². The van der Waals surface area contributed by atoms with Crippen LogP contribution < -0.4 is 0 Å². The minimum Gasteiger partial charge on any atom is -0.383 e. The van der Waals surface area contributed by atoms with E-state index < -0.39 is 0 Å². The van der Waals surface area contributed by atoms with E-state index in [0.29, 0.717) is 11.7 Å². The summed E-state index contributed by atoms with van der Waals surface area (Å²) in [5.74, 6) is 0.119. The van der Waals surface area contributed by atoms with Gasteiger partial charge in [0.2, 0.25) is 0 Å². The Morgan fingerprint density at radius 1 is 1.14 bits per heavy atom. The quantitative estimate of drug-likeness (QED) is 0.761. The lowest BCUT2D eigenvalue weighted by Gasteiger charge is -2.35. The summed E-state index contributed by atoms with van der Waals surface area (Å²) < 4.78 is 7.59. The molecule has 2 saturated heterocycles. The minimum absolute atomic E-state index is 0.119. The highest BCUT2D eigenvalue weighted by molar-refractivity contribution is 7.15. The second-order valence-corrected chi connectivity index (χ2v) is 8.97. The summed E-state index contributed by atoms with van der Waals surface area (Å²) in [7, 11) is 1.78. The highest BCUT2D eigenvalue weighted by Crippen LogP contribution is 2.25. The van der Waals surface area contributed by atoms with Crippen molar-refractivity contribution >= 4 is 22.2 Å². The summed E-state index contributed by atoms with van der Waals surface area (Å²) in [6.07, 6.45) is 11.6. The maximum absolute atomic E-state index is 13.4. The number of carbonyl (C=O) groups excluding carboxylic acids is 1. The molecule has 154 valence electrons. The maximum atomic E-state index is 13.4. The lowest BCUT2D eigenvalue weighted by molar-refractivity contribution is 0.0581. The van der Waals surface area contributed by atoms with E-state index in [4.69, 9.17) is 9.72 Å². The summed E-state index contributed by atoms with van der Waals surface area (Å²) in [6.45, 7) is 4.30. The van der Waals surface area contributed by atoms with E-state index in [1.807, 2.05) is 4.90 Å². The minimum atomic E-state index is 0.119. The van der Waals surface area contributed by atoms with Crippen LogP contribution in [0.5, 0.6) is 0 Å². The summed E-state index contributed by atoms with van der Waals surface area (Å²) in [5.41, 5.74) is 1.71. The third-order valence-electron chi connectivity index (χ3n) is 6.17. The molecule has 1 amide bonds. The Bertz CT molecular complexity index is 777. The first-order valence-corrected chi connectivity index (χ1v) is 11.6. The van der Waals surface area contributed by atoms with Crippen LogP contribution in [-0.4, -0.2) is 64.5 Å². The molecule has 2 fully saturated rings. The Balaban J connectivity index is 1.60. The zero-order valence-corrected chi connectivity index (χ0v) is 17.8. The van der Waals surface area contributed by atoms with Crippen molar-refractivity contribution in [2.24, 2.45) is 0 Å². The van der Waals surface area contributed by atoms with Crippen LogP contribution in [-0.2, 0) is 11.3 Å². The van der Waals surface area contributed by atoms with Gasteiger partial charge in [0.1, 0.15) is 0 Å². The molecule has 28 heavy (non-hydrogen) atoms. The van der Waals surface area contributed by atoms with Gasteiger partial charge in [0, 0.05) is 44.4 Å². The predicted octanol–water partition coefficient (Wildman–Crippen LogP) is 3.80. The van der Waals surface area contributed by atoms with Gasteiger partial charge in [-0.2, -0.15) is 0 Å². The molecule has 0 N–H and O–H groups in total. The van der Waals surface area contributed by atoms with E-state index in [0.717, 1.165) is 62.7 Å². The maximum Gasteiger partial charge on any atom is 0.274 e. The van der Waals surface area contributed by atoms with Crippen molar-refractivity contribution in [3.63, 3.8) is 0 Å². The molecule has 7 heteroatoms. The molecule has 1 atom stereocenters. The van der Waals surface area contributed by atoms with Gasteiger partial charge in [-0.3, -0.25) is 14.1 Å². The molecule has 0 spiro atoms. The van der Waals surface area contributed by atoms with Gasteiger partial charge in [-0.25, -0.2) is 4.98 Å². The Labute approximate surface area is 171 Å². The average molecular weight is 405 g/mol. The number of carbonyl (C=O) groups is 1. The number of methoxy groups -OCH3 is 1. The standard InChI is InChI=1S/C21H32N4O2S/c1-27-16-17-9-5-8-12-24(17)15-18-19(22-21-25(18)13-14-28-21)20(26)23-10-6-3-2-4-7-11-23/h13-14,17H,2-12,15-16H2,1H3/t17-/m1/s1. The van der Waals surface area contributed by atoms with E-state index in [9.17, 15) is 4.79 Å². The Morgan fingerprint density at radius 3 is 2.68 bits per heavy atom. The smallest absolute Gasteiger partial charge is 0.274 e. The van der Waals surface area contributed by atoms with Crippen molar-refractivity contribution in [1.82, 2.24) is 19.2 Å². The van der Waals surface area contributed by atoms with Crippen LogP contribution in [0.1, 0.15) is 67.5 Å². The number of ether oxygens (including phenoxy) is 1. The third-order valence-corrected chi connectivity index (χ3v) is 6.92. The number of hydrogen-bond donors (Lipinski definition) is 0. The lowest BCUT2D eigenvalue weighted by atomic mass is 10.0. The molecule has 2 aromatic heterocycles. The number of hydrogen-bond acceptors (Lipinski definition) is 5. The Kier molecular flexibility index (Phi) is 6.65. The van der Waals surface area contributed by atoms with Crippen molar-refractivity contribution in [3.05, 3.63) is 23.0 Å². The van der Waals surface area contributed by atoms with Crippen LogP contribution in [0.3, 0.4) is 0 Å². The molecule has 2 aliphatic rings. The number of nitrogens with zero attached hydrogens (tertiary/aromatic N) is 4. The lowest BCUT2D eigenvalue weighted by Crippen LogP contribution is -2.42. The van der Waals surface area contributed by atoms with Gasteiger partial charge in [-0.1, -0.05) is 25.7 Å². The van der Waals surface area contributed by atoms with E-state index >= 15 is 0 Å². The Hall–Kier alpha value is -1.44. The van der Waals surface area contributed by atoms with Crippen LogP contribution >= 0.6 is 11.3 Å². The molecule has 0 unspecified atom stereocenters. The van der Waals surface area contributed by atoms with Crippen LogP contribution in [0.4, 0.5) is 0 Å². The third kappa shape index (κ3) is 4.26. The monoisotopic (exact) mass is 404 g/mol. The van der Waals surface area contributed by atoms with Crippen molar-refractivity contribution in [3.8, 4) is 0 Å². The van der Waals surface area contributed by atoms with E-state index in [-0.39, 0.29) is 5.91 Å². The van der Waals surface area contributed by atoms with E-state index in [1.165, 1.54) is 32.1 Å².